The molecule has 1 atom stereocenters. The maximum Gasteiger partial charge on any atom is 0.335 e. The predicted molar refractivity (Wildman–Crippen MR) is 77.0 cm³/mol. The van der Waals surface area contributed by atoms with Gasteiger partial charge in [0.1, 0.15) is 11.8 Å². The van der Waals surface area contributed by atoms with Crippen LogP contribution in [-0.4, -0.2) is 17.2 Å². The predicted octanol–water partition coefficient (Wildman–Crippen LogP) is 3.99. The number of carbonyl (C=O) groups is 1. The summed E-state index contributed by atoms with van der Waals surface area (Å²) >= 11 is 0. The van der Waals surface area contributed by atoms with Gasteiger partial charge in [0.2, 0.25) is 0 Å². The van der Waals surface area contributed by atoms with Gasteiger partial charge in [-0.15, -0.1) is 0 Å². The Hall–Kier alpha value is -2.02. The largest absolute Gasteiger partial charge is 0.489 e. The lowest BCUT2D eigenvalue weighted by Crippen LogP contribution is -2.12. The van der Waals surface area contributed by atoms with Crippen LogP contribution in [0.15, 0.2) is 18.2 Å². The first-order valence-corrected chi connectivity index (χ1v) is 7.02. The van der Waals surface area contributed by atoms with Gasteiger partial charge in [0, 0.05) is 0 Å². The summed E-state index contributed by atoms with van der Waals surface area (Å²) in [5, 5.41) is 18.0. The van der Waals surface area contributed by atoms with E-state index in [0.29, 0.717) is 5.75 Å². The Kier molecular flexibility index (Phi) is 6.58. The second kappa shape index (κ2) is 8.21. The van der Waals surface area contributed by atoms with Crippen LogP contribution in [-0.2, 0) is 0 Å². The third kappa shape index (κ3) is 4.93. The van der Waals surface area contributed by atoms with Gasteiger partial charge in [-0.05, 0) is 38.0 Å². The smallest absolute Gasteiger partial charge is 0.335 e. The molecule has 0 spiro atoms. The lowest BCUT2D eigenvalue weighted by atomic mass is 10.1. The SMILES string of the molecule is CCCCCC[C@@H](C)Oc1ccc(C(=O)O)cc1C#N. The molecule has 1 rings (SSSR count). The van der Waals surface area contributed by atoms with Crippen LogP contribution in [0.1, 0.15) is 61.9 Å². The second-order valence-corrected chi connectivity index (χ2v) is 4.91. The monoisotopic (exact) mass is 275 g/mol. The van der Waals surface area contributed by atoms with E-state index in [0.717, 1.165) is 12.8 Å². The molecule has 0 aliphatic rings. The number of nitrogens with zero attached hydrogens (tertiary/aromatic N) is 1. The van der Waals surface area contributed by atoms with Crippen molar-refractivity contribution < 1.29 is 14.6 Å². The summed E-state index contributed by atoms with van der Waals surface area (Å²) in [6.07, 6.45) is 5.67. The maximum atomic E-state index is 10.9. The fourth-order valence-corrected chi connectivity index (χ4v) is 1.99. The van der Waals surface area contributed by atoms with E-state index in [1.54, 1.807) is 6.07 Å². The standard InChI is InChI=1S/C16H21NO3/c1-3-4-5-6-7-12(2)20-15-9-8-13(16(18)19)10-14(15)11-17/h8-10,12H,3-7H2,1-2H3,(H,18,19)/t12-/m1/s1. The topological polar surface area (TPSA) is 70.3 Å². The van der Waals surface area contributed by atoms with Gasteiger partial charge in [0.25, 0.3) is 0 Å². The highest BCUT2D eigenvalue weighted by atomic mass is 16.5. The van der Waals surface area contributed by atoms with Crippen LogP contribution in [0.2, 0.25) is 0 Å². The summed E-state index contributed by atoms with van der Waals surface area (Å²) in [4.78, 5) is 10.9. The molecule has 0 saturated heterocycles. The summed E-state index contributed by atoms with van der Waals surface area (Å²) in [6, 6.07) is 6.35. The second-order valence-electron chi connectivity index (χ2n) is 4.91. The van der Waals surface area contributed by atoms with Gasteiger partial charge < -0.3 is 9.84 Å². The third-order valence-corrected chi connectivity index (χ3v) is 3.14. The number of nitriles is 1. The van der Waals surface area contributed by atoms with Crippen molar-refractivity contribution in [2.24, 2.45) is 0 Å². The van der Waals surface area contributed by atoms with Crippen molar-refractivity contribution in [3.63, 3.8) is 0 Å². The Morgan fingerprint density at radius 2 is 2.15 bits per heavy atom. The summed E-state index contributed by atoms with van der Waals surface area (Å²) in [6.45, 7) is 4.14. The van der Waals surface area contributed by atoms with Crippen molar-refractivity contribution in [2.45, 2.75) is 52.1 Å². The Balaban J connectivity index is 2.63. The van der Waals surface area contributed by atoms with Crippen LogP contribution in [0, 0.1) is 11.3 Å². The molecule has 1 N–H and O–H groups in total. The number of ether oxygens (including phenoxy) is 1. The Morgan fingerprint density at radius 1 is 1.40 bits per heavy atom. The highest BCUT2D eigenvalue weighted by molar-refractivity contribution is 5.88. The number of aromatic carboxylic acids is 1. The van der Waals surface area contributed by atoms with Gasteiger partial charge >= 0.3 is 5.97 Å². The van der Waals surface area contributed by atoms with Crippen molar-refractivity contribution in [1.29, 1.82) is 5.26 Å². The first-order valence-electron chi connectivity index (χ1n) is 7.02. The number of unbranched alkanes of at least 4 members (excludes halogenated alkanes) is 3. The minimum absolute atomic E-state index is 0.0228. The number of hydrogen-bond acceptors (Lipinski definition) is 3. The average Bonchev–Trinajstić information content (AvgIpc) is 2.43. The molecule has 4 nitrogen and oxygen atoms in total. The zero-order chi connectivity index (χ0) is 15.0. The van der Waals surface area contributed by atoms with Gasteiger partial charge in [0.15, 0.2) is 0 Å². The minimum Gasteiger partial charge on any atom is -0.489 e. The molecule has 0 heterocycles. The van der Waals surface area contributed by atoms with Gasteiger partial charge in [0.05, 0.1) is 17.2 Å². The van der Waals surface area contributed by atoms with Crippen LogP contribution >= 0.6 is 0 Å². The first kappa shape index (κ1) is 16.0. The van der Waals surface area contributed by atoms with Crippen LogP contribution in [0.5, 0.6) is 5.75 Å². The summed E-state index contributed by atoms with van der Waals surface area (Å²) < 4.78 is 5.74. The molecule has 1 aromatic rings. The lowest BCUT2D eigenvalue weighted by Gasteiger charge is -2.15. The molecule has 0 fully saturated rings. The van der Waals surface area contributed by atoms with E-state index in [1.807, 2.05) is 13.0 Å². The molecular formula is C16H21NO3. The molecule has 20 heavy (non-hydrogen) atoms. The molecule has 0 saturated carbocycles. The third-order valence-electron chi connectivity index (χ3n) is 3.14. The molecule has 0 aliphatic carbocycles. The fourth-order valence-electron chi connectivity index (χ4n) is 1.99. The zero-order valence-electron chi connectivity index (χ0n) is 12.1. The molecule has 0 radical (unpaired) electrons. The molecule has 1 aromatic carbocycles. The van der Waals surface area contributed by atoms with Gasteiger partial charge in [-0.25, -0.2) is 4.79 Å². The van der Waals surface area contributed by atoms with E-state index in [2.05, 4.69) is 6.92 Å². The molecule has 0 bridgehead atoms. The van der Waals surface area contributed by atoms with Gasteiger partial charge in [-0.2, -0.15) is 5.26 Å². The highest BCUT2D eigenvalue weighted by Gasteiger charge is 2.11. The molecular weight excluding hydrogens is 254 g/mol. The number of hydrogen-bond donors (Lipinski definition) is 1. The van der Waals surface area contributed by atoms with E-state index in [9.17, 15) is 4.79 Å². The van der Waals surface area contributed by atoms with Crippen LogP contribution in [0.4, 0.5) is 0 Å². The van der Waals surface area contributed by atoms with E-state index in [-0.39, 0.29) is 17.2 Å². The Bertz CT molecular complexity index is 491. The minimum atomic E-state index is -1.04. The van der Waals surface area contributed by atoms with Gasteiger partial charge in [-0.1, -0.05) is 26.2 Å². The molecule has 0 aromatic heterocycles. The quantitative estimate of drug-likeness (QED) is 0.728. The van der Waals surface area contributed by atoms with Crippen LogP contribution < -0.4 is 4.74 Å². The molecule has 0 amide bonds. The molecule has 0 unspecified atom stereocenters. The van der Waals surface area contributed by atoms with Crippen molar-refractivity contribution in [2.75, 3.05) is 0 Å². The summed E-state index contributed by atoms with van der Waals surface area (Å²) in [7, 11) is 0. The average molecular weight is 275 g/mol. The van der Waals surface area contributed by atoms with Crippen LogP contribution in [0.3, 0.4) is 0 Å². The molecule has 4 heteroatoms. The number of benzene rings is 1. The number of rotatable bonds is 8. The Morgan fingerprint density at radius 3 is 2.75 bits per heavy atom. The Labute approximate surface area is 120 Å². The maximum absolute atomic E-state index is 10.9. The zero-order valence-corrected chi connectivity index (χ0v) is 12.1. The van der Waals surface area contributed by atoms with E-state index in [1.165, 1.54) is 31.4 Å². The number of carboxylic acids is 1. The number of carboxylic acid groups (broad SMARTS) is 1. The summed E-state index contributed by atoms with van der Waals surface area (Å²) in [5.74, 6) is -0.582. The van der Waals surface area contributed by atoms with Crippen molar-refractivity contribution in [1.82, 2.24) is 0 Å². The molecule has 108 valence electrons. The lowest BCUT2D eigenvalue weighted by molar-refractivity contribution is 0.0697. The molecule has 0 aliphatic heterocycles. The van der Waals surface area contributed by atoms with Crippen molar-refractivity contribution in [3.8, 4) is 11.8 Å². The van der Waals surface area contributed by atoms with Crippen molar-refractivity contribution in [3.05, 3.63) is 29.3 Å². The van der Waals surface area contributed by atoms with Crippen LogP contribution in [0.25, 0.3) is 0 Å². The fraction of sp³-hybridized carbons (Fsp3) is 0.500. The summed E-state index contributed by atoms with van der Waals surface area (Å²) in [5.41, 5.74) is 0.370. The normalized spacial score (nSPS) is 11.7. The van der Waals surface area contributed by atoms with E-state index >= 15 is 0 Å². The van der Waals surface area contributed by atoms with Gasteiger partial charge in [-0.3, -0.25) is 0 Å². The van der Waals surface area contributed by atoms with Crippen molar-refractivity contribution >= 4 is 5.97 Å². The first-order chi connectivity index (χ1) is 9.58. The highest BCUT2D eigenvalue weighted by Crippen LogP contribution is 2.22. The van der Waals surface area contributed by atoms with E-state index in [4.69, 9.17) is 15.1 Å². The van der Waals surface area contributed by atoms with E-state index < -0.39 is 5.97 Å².